The van der Waals surface area contributed by atoms with Crippen LogP contribution in [0.5, 0.6) is 0 Å². The van der Waals surface area contributed by atoms with Crippen LogP contribution in [0.25, 0.3) is 11.0 Å². The summed E-state index contributed by atoms with van der Waals surface area (Å²) in [6.45, 7) is 9.64. The number of fused-ring (bicyclic) bond motifs is 1. The van der Waals surface area contributed by atoms with Crippen molar-refractivity contribution in [3.8, 4) is 0 Å². The highest BCUT2D eigenvalue weighted by atomic mass is 16.2. The van der Waals surface area contributed by atoms with Crippen LogP contribution in [0.3, 0.4) is 0 Å². The van der Waals surface area contributed by atoms with E-state index >= 15 is 0 Å². The zero-order valence-electron chi connectivity index (χ0n) is 14.9. The van der Waals surface area contributed by atoms with E-state index in [-0.39, 0.29) is 11.3 Å². The Balaban J connectivity index is 2.09. The molecule has 2 aromatic rings. The molecule has 1 amide bonds. The van der Waals surface area contributed by atoms with Gasteiger partial charge in [0.05, 0.1) is 11.0 Å². The second-order valence-corrected chi connectivity index (χ2v) is 7.13. The molecular formula is C19H29N3O. The van der Waals surface area contributed by atoms with E-state index in [1.54, 1.807) is 0 Å². The number of unbranched alkanes of at least 4 members (excludes halogenated alkanes) is 2. The smallest absolute Gasteiger partial charge is 0.225 e. The second-order valence-electron chi connectivity index (χ2n) is 7.13. The first-order valence-corrected chi connectivity index (χ1v) is 8.66. The van der Waals surface area contributed by atoms with Gasteiger partial charge in [-0.05, 0) is 18.6 Å². The van der Waals surface area contributed by atoms with E-state index in [1.165, 1.54) is 18.4 Å². The number of carbonyl (C=O) groups excluding carboxylic acids is 1. The van der Waals surface area contributed by atoms with Gasteiger partial charge in [0, 0.05) is 24.9 Å². The highest BCUT2D eigenvalue weighted by Crippen LogP contribution is 2.18. The minimum absolute atomic E-state index is 0.0890. The van der Waals surface area contributed by atoms with Crippen LogP contribution in [-0.2, 0) is 17.8 Å². The summed E-state index contributed by atoms with van der Waals surface area (Å²) in [5.74, 6) is 1.16. The number of imidazole rings is 1. The number of aromatic nitrogens is 2. The van der Waals surface area contributed by atoms with Crippen molar-refractivity contribution in [3.63, 3.8) is 0 Å². The van der Waals surface area contributed by atoms with Crippen molar-refractivity contribution in [2.24, 2.45) is 5.41 Å². The highest BCUT2D eigenvalue weighted by Gasteiger charge is 2.20. The topological polar surface area (TPSA) is 46.9 Å². The van der Waals surface area contributed by atoms with Gasteiger partial charge in [-0.25, -0.2) is 4.98 Å². The maximum atomic E-state index is 12.0. The predicted molar refractivity (Wildman–Crippen MR) is 95.4 cm³/mol. The molecule has 0 radical (unpaired) electrons. The molecule has 0 fully saturated rings. The average molecular weight is 315 g/mol. The molecule has 0 aliphatic carbocycles. The van der Waals surface area contributed by atoms with Gasteiger partial charge in [-0.3, -0.25) is 4.79 Å². The van der Waals surface area contributed by atoms with Gasteiger partial charge >= 0.3 is 0 Å². The molecule has 1 aromatic carbocycles. The number of para-hydroxylation sites is 2. The molecule has 1 heterocycles. The molecule has 4 heteroatoms. The van der Waals surface area contributed by atoms with Crippen molar-refractivity contribution >= 4 is 16.9 Å². The van der Waals surface area contributed by atoms with Crippen molar-refractivity contribution in [2.45, 2.75) is 59.9 Å². The summed E-state index contributed by atoms with van der Waals surface area (Å²) >= 11 is 0. The van der Waals surface area contributed by atoms with E-state index in [0.29, 0.717) is 6.54 Å². The Labute approximate surface area is 139 Å². The van der Waals surface area contributed by atoms with Crippen LogP contribution in [0.4, 0.5) is 0 Å². The van der Waals surface area contributed by atoms with Gasteiger partial charge in [-0.1, -0.05) is 52.7 Å². The van der Waals surface area contributed by atoms with Crippen molar-refractivity contribution in [1.29, 1.82) is 0 Å². The van der Waals surface area contributed by atoms with Gasteiger partial charge in [0.2, 0.25) is 5.91 Å². The third kappa shape index (κ3) is 4.57. The Morgan fingerprint density at radius 2 is 1.96 bits per heavy atom. The number of amides is 1. The van der Waals surface area contributed by atoms with Crippen LogP contribution in [-0.4, -0.2) is 22.0 Å². The molecule has 2 rings (SSSR count). The van der Waals surface area contributed by atoms with Gasteiger partial charge in [-0.2, -0.15) is 0 Å². The predicted octanol–water partition coefficient (Wildman–Crippen LogP) is 3.93. The van der Waals surface area contributed by atoms with Crippen LogP contribution in [0.2, 0.25) is 0 Å². The van der Waals surface area contributed by atoms with E-state index in [0.717, 1.165) is 30.7 Å². The quantitative estimate of drug-likeness (QED) is 0.787. The molecule has 0 unspecified atom stereocenters. The number of hydrogen-bond donors (Lipinski definition) is 1. The van der Waals surface area contributed by atoms with E-state index < -0.39 is 0 Å². The van der Waals surface area contributed by atoms with E-state index in [1.807, 2.05) is 26.8 Å². The van der Waals surface area contributed by atoms with Crippen molar-refractivity contribution in [3.05, 3.63) is 30.1 Å². The van der Waals surface area contributed by atoms with Crippen molar-refractivity contribution < 1.29 is 4.79 Å². The fourth-order valence-electron chi connectivity index (χ4n) is 2.64. The molecule has 0 spiro atoms. The standard InChI is InChI=1S/C19H29N3O/c1-5-6-9-14-22-16-11-8-7-10-15(16)21-17(22)12-13-20-18(23)19(2,3)4/h7-8,10-11H,5-6,9,12-14H2,1-4H3,(H,20,23). The minimum Gasteiger partial charge on any atom is -0.355 e. The summed E-state index contributed by atoms with van der Waals surface area (Å²) in [4.78, 5) is 16.7. The second kappa shape index (κ2) is 7.62. The summed E-state index contributed by atoms with van der Waals surface area (Å²) in [6.07, 6.45) is 4.37. The molecule has 0 atom stereocenters. The Morgan fingerprint density at radius 3 is 2.65 bits per heavy atom. The third-order valence-electron chi connectivity index (χ3n) is 4.03. The zero-order valence-corrected chi connectivity index (χ0v) is 14.9. The Hall–Kier alpha value is -1.84. The largest absolute Gasteiger partial charge is 0.355 e. The average Bonchev–Trinajstić information content (AvgIpc) is 2.84. The number of nitrogens with zero attached hydrogens (tertiary/aromatic N) is 2. The lowest BCUT2D eigenvalue weighted by Gasteiger charge is -2.17. The first kappa shape index (κ1) is 17.5. The Bertz CT molecular complexity index is 652. The molecular weight excluding hydrogens is 286 g/mol. The zero-order chi connectivity index (χ0) is 16.9. The molecule has 23 heavy (non-hydrogen) atoms. The van der Waals surface area contributed by atoms with E-state index in [2.05, 4.69) is 35.0 Å². The van der Waals surface area contributed by atoms with Gasteiger partial charge < -0.3 is 9.88 Å². The Kier molecular flexibility index (Phi) is 5.80. The van der Waals surface area contributed by atoms with E-state index in [4.69, 9.17) is 4.98 Å². The summed E-state index contributed by atoms with van der Waals surface area (Å²) in [5.41, 5.74) is 1.89. The maximum Gasteiger partial charge on any atom is 0.225 e. The number of hydrogen-bond acceptors (Lipinski definition) is 2. The molecule has 0 aliphatic heterocycles. The molecule has 1 aromatic heterocycles. The number of rotatable bonds is 7. The van der Waals surface area contributed by atoms with Crippen molar-refractivity contribution in [2.75, 3.05) is 6.54 Å². The van der Waals surface area contributed by atoms with Crippen LogP contribution in [0.1, 0.15) is 52.8 Å². The molecule has 126 valence electrons. The summed E-state index contributed by atoms with van der Waals surface area (Å²) in [6, 6.07) is 8.27. The fraction of sp³-hybridized carbons (Fsp3) is 0.579. The highest BCUT2D eigenvalue weighted by molar-refractivity contribution is 5.81. The van der Waals surface area contributed by atoms with Gasteiger partial charge in [-0.15, -0.1) is 0 Å². The molecule has 0 saturated carbocycles. The maximum absolute atomic E-state index is 12.0. The number of nitrogens with one attached hydrogen (secondary N) is 1. The molecule has 0 aliphatic rings. The summed E-state index contributed by atoms with van der Waals surface area (Å²) in [5, 5.41) is 3.02. The monoisotopic (exact) mass is 315 g/mol. The first-order chi connectivity index (χ1) is 10.9. The number of carbonyl (C=O) groups is 1. The number of benzene rings is 1. The molecule has 0 saturated heterocycles. The fourth-order valence-corrected chi connectivity index (χ4v) is 2.64. The van der Waals surface area contributed by atoms with Gasteiger partial charge in [0.1, 0.15) is 5.82 Å². The molecule has 0 bridgehead atoms. The molecule has 4 nitrogen and oxygen atoms in total. The van der Waals surface area contributed by atoms with Crippen LogP contribution < -0.4 is 5.32 Å². The lowest BCUT2D eigenvalue weighted by Crippen LogP contribution is -2.36. The van der Waals surface area contributed by atoms with Crippen LogP contribution >= 0.6 is 0 Å². The van der Waals surface area contributed by atoms with Crippen LogP contribution in [0.15, 0.2) is 24.3 Å². The lowest BCUT2D eigenvalue weighted by molar-refractivity contribution is -0.128. The summed E-state index contributed by atoms with van der Waals surface area (Å²) < 4.78 is 2.31. The van der Waals surface area contributed by atoms with Crippen LogP contribution in [0, 0.1) is 5.41 Å². The van der Waals surface area contributed by atoms with Gasteiger partial charge in [0.15, 0.2) is 0 Å². The first-order valence-electron chi connectivity index (χ1n) is 8.66. The third-order valence-corrected chi connectivity index (χ3v) is 4.03. The normalized spacial score (nSPS) is 11.8. The molecule has 1 N–H and O–H groups in total. The van der Waals surface area contributed by atoms with E-state index in [9.17, 15) is 4.79 Å². The van der Waals surface area contributed by atoms with Gasteiger partial charge in [0.25, 0.3) is 0 Å². The Morgan fingerprint density at radius 1 is 1.22 bits per heavy atom. The minimum atomic E-state index is -0.346. The number of aryl methyl sites for hydroxylation is 1. The lowest BCUT2D eigenvalue weighted by atomic mass is 9.96. The summed E-state index contributed by atoms with van der Waals surface area (Å²) in [7, 11) is 0. The van der Waals surface area contributed by atoms with Crippen molar-refractivity contribution in [1.82, 2.24) is 14.9 Å². The SMILES string of the molecule is CCCCCn1c(CCNC(=O)C(C)(C)C)nc2ccccc21.